The molecule has 0 fully saturated rings. The van der Waals surface area contributed by atoms with Gasteiger partial charge in [-0.15, -0.1) is 0 Å². The Labute approximate surface area is 171 Å². The van der Waals surface area contributed by atoms with Crippen molar-refractivity contribution in [3.05, 3.63) is 77.7 Å². The quantitative estimate of drug-likeness (QED) is 0.492. The summed E-state index contributed by atoms with van der Waals surface area (Å²) >= 11 is 0. The average molecular weight is 394 g/mol. The van der Waals surface area contributed by atoms with Crippen LogP contribution in [0.3, 0.4) is 0 Å². The second-order valence-corrected chi connectivity index (χ2v) is 7.40. The first-order valence-corrected chi connectivity index (χ1v) is 10.2. The summed E-state index contributed by atoms with van der Waals surface area (Å²) in [6, 6.07) is 18.6. The zero-order chi connectivity index (χ0) is 20.5. The minimum atomic E-state index is -0.255. The first kappa shape index (κ1) is 20.8. The maximum atomic E-state index is 13.3. The van der Waals surface area contributed by atoms with Gasteiger partial charge < -0.3 is 4.90 Å². The largest absolute Gasteiger partial charge is 0.346 e. The molecule has 0 saturated carbocycles. The number of carbonyl (C=O) groups excluding carboxylic acids is 1. The van der Waals surface area contributed by atoms with Crippen LogP contribution in [0.15, 0.2) is 60.7 Å². The Bertz CT molecular complexity index is 907. The van der Waals surface area contributed by atoms with Crippen LogP contribution in [0.2, 0.25) is 0 Å². The number of aryl methyl sites for hydroxylation is 2. The molecule has 152 valence electrons. The number of hydrogen-bond acceptors (Lipinski definition) is 2. The zero-order valence-corrected chi connectivity index (χ0v) is 16.9. The lowest BCUT2D eigenvalue weighted by atomic mass is 10.1. The number of amides is 1. The van der Waals surface area contributed by atoms with Crippen LogP contribution >= 0.6 is 0 Å². The van der Waals surface area contributed by atoms with Crippen LogP contribution in [0.4, 0.5) is 4.39 Å². The van der Waals surface area contributed by atoms with Crippen molar-refractivity contribution in [2.24, 2.45) is 0 Å². The highest BCUT2D eigenvalue weighted by Crippen LogP contribution is 2.19. The molecule has 0 atom stereocenters. The number of nitrogens with zero attached hydrogens (tertiary/aromatic N) is 2. The molecule has 0 unspecified atom stereocenters. The van der Waals surface area contributed by atoms with Gasteiger partial charge in [0.25, 0.3) is 0 Å². The molecule has 1 amide bonds. The van der Waals surface area contributed by atoms with Gasteiger partial charge in [0, 0.05) is 31.3 Å². The predicted octanol–water partition coefficient (Wildman–Crippen LogP) is 5.02. The Morgan fingerprint density at radius 2 is 1.83 bits per heavy atom. The molecular formula is C24H28FN3O. The summed E-state index contributed by atoms with van der Waals surface area (Å²) in [5.41, 5.74) is 3.80. The normalized spacial score (nSPS) is 10.8. The Kier molecular flexibility index (Phi) is 7.56. The topological polar surface area (TPSA) is 49.0 Å². The Morgan fingerprint density at radius 3 is 2.62 bits per heavy atom. The van der Waals surface area contributed by atoms with Gasteiger partial charge in [-0.1, -0.05) is 48.9 Å². The summed E-state index contributed by atoms with van der Waals surface area (Å²) < 4.78 is 13.3. The van der Waals surface area contributed by atoms with Gasteiger partial charge in [-0.25, -0.2) is 4.39 Å². The van der Waals surface area contributed by atoms with E-state index in [1.54, 1.807) is 6.07 Å². The summed E-state index contributed by atoms with van der Waals surface area (Å²) in [4.78, 5) is 14.1. The number of rotatable bonds is 10. The standard InChI is InChI=1S/C24H28FN3O/c1-28(24(29)15-14-19-9-4-2-5-10-19)16-7-3-6-13-22-18-23(27-26-22)20-11-8-12-21(25)17-20/h2,4-5,8-12,17-18H,3,6-7,13-16H2,1H3,(H,26,27). The molecule has 0 saturated heterocycles. The number of carbonyl (C=O) groups is 1. The van der Waals surface area contributed by atoms with Gasteiger partial charge in [0.1, 0.15) is 5.82 Å². The molecule has 0 aliphatic carbocycles. The van der Waals surface area contributed by atoms with Crippen LogP contribution in [0.25, 0.3) is 11.3 Å². The van der Waals surface area contributed by atoms with Gasteiger partial charge in [-0.2, -0.15) is 5.10 Å². The number of nitrogens with one attached hydrogen (secondary N) is 1. The van der Waals surface area contributed by atoms with Crippen molar-refractivity contribution in [1.29, 1.82) is 0 Å². The Balaban J connectivity index is 1.33. The van der Waals surface area contributed by atoms with E-state index in [9.17, 15) is 9.18 Å². The number of hydrogen-bond donors (Lipinski definition) is 1. The first-order chi connectivity index (χ1) is 14.1. The highest BCUT2D eigenvalue weighted by molar-refractivity contribution is 5.76. The monoisotopic (exact) mass is 393 g/mol. The summed E-state index contributed by atoms with van der Waals surface area (Å²) in [6.45, 7) is 0.783. The van der Waals surface area contributed by atoms with E-state index in [0.29, 0.717) is 6.42 Å². The molecule has 0 bridgehead atoms. The summed E-state index contributed by atoms with van der Waals surface area (Å²) in [7, 11) is 1.88. The van der Waals surface area contributed by atoms with Crippen molar-refractivity contribution in [2.45, 2.75) is 38.5 Å². The van der Waals surface area contributed by atoms with E-state index in [4.69, 9.17) is 0 Å². The molecule has 3 rings (SSSR count). The third-order valence-electron chi connectivity index (χ3n) is 5.09. The second kappa shape index (κ2) is 10.6. The summed E-state index contributed by atoms with van der Waals surface area (Å²) in [5, 5.41) is 7.32. The highest BCUT2D eigenvalue weighted by Gasteiger charge is 2.09. The molecule has 0 spiro atoms. The van der Waals surface area contributed by atoms with E-state index >= 15 is 0 Å². The average Bonchev–Trinajstić information content (AvgIpc) is 3.21. The van der Waals surface area contributed by atoms with Crippen molar-refractivity contribution in [3.8, 4) is 11.3 Å². The molecule has 0 aliphatic rings. The van der Waals surface area contributed by atoms with E-state index in [2.05, 4.69) is 22.3 Å². The fourth-order valence-electron chi connectivity index (χ4n) is 3.34. The van der Waals surface area contributed by atoms with E-state index in [-0.39, 0.29) is 11.7 Å². The second-order valence-electron chi connectivity index (χ2n) is 7.40. The fourth-order valence-corrected chi connectivity index (χ4v) is 3.34. The molecule has 0 aliphatic heterocycles. The Hall–Kier alpha value is -2.95. The van der Waals surface area contributed by atoms with Gasteiger partial charge >= 0.3 is 0 Å². The van der Waals surface area contributed by atoms with E-state index in [1.807, 2.05) is 42.3 Å². The van der Waals surface area contributed by atoms with Crippen molar-refractivity contribution in [3.63, 3.8) is 0 Å². The van der Waals surface area contributed by atoms with Gasteiger partial charge in [0.2, 0.25) is 5.91 Å². The van der Waals surface area contributed by atoms with Crippen LogP contribution in [0, 0.1) is 5.82 Å². The van der Waals surface area contributed by atoms with Crippen LogP contribution in [-0.2, 0) is 17.6 Å². The van der Waals surface area contributed by atoms with Crippen LogP contribution in [0.5, 0.6) is 0 Å². The van der Waals surface area contributed by atoms with Crippen LogP contribution in [-0.4, -0.2) is 34.6 Å². The SMILES string of the molecule is CN(CCCCCc1cc(-c2cccc(F)c2)n[nH]1)C(=O)CCc1ccccc1. The summed E-state index contributed by atoms with van der Waals surface area (Å²) in [5.74, 6) is -0.0587. The number of H-pyrrole nitrogens is 1. The molecule has 2 aromatic carbocycles. The molecule has 1 heterocycles. The van der Waals surface area contributed by atoms with E-state index in [1.165, 1.54) is 17.7 Å². The number of benzene rings is 2. The lowest BCUT2D eigenvalue weighted by Gasteiger charge is -2.17. The zero-order valence-electron chi connectivity index (χ0n) is 16.9. The lowest BCUT2D eigenvalue weighted by Crippen LogP contribution is -2.27. The minimum absolute atomic E-state index is 0.196. The molecule has 1 N–H and O–H groups in total. The number of halogens is 1. The van der Waals surface area contributed by atoms with E-state index in [0.717, 1.165) is 55.6 Å². The number of unbranched alkanes of at least 4 members (excludes halogenated alkanes) is 2. The van der Waals surface area contributed by atoms with Crippen LogP contribution in [0.1, 0.15) is 36.9 Å². The van der Waals surface area contributed by atoms with E-state index < -0.39 is 0 Å². The van der Waals surface area contributed by atoms with Crippen molar-refractivity contribution >= 4 is 5.91 Å². The first-order valence-electron chi connectivity index (χ1n) is 10.2. The molecule has 5 heteroatoms. The van der Waals surface area contributed by atoms with Gasteiger partial charge in [0.15, 0.2) is 0 Å². The van der Waals surface area contributed by atoms with Crippen molar-refractivity contribution in [1.82, 2.24) is 15.1 Å². The number of aromatic amines is 1. The van der Waals surface area contributed by atoms with Crippen molar-refractivity contribution in [2.75, 3.05) is 13.6 Å². The lowest BCUT2D eigenvalue weighted by molar-refractivity contribution is -0.129. The van der Waals surface area contributed by atoms with Gasteiger partial charge in [-0.05, 0) is 49.4 Å². The smallest absolute Gasteiger partial charge is 0.222 e. The molecule has 0 radical (unpaired) electrons. The third-order valence-corrected chi connectivity index (χ3v) is 5.09. The summed E-state index contributed by atoms with van der Waals surface area (Å²) in [6.07, 6.45) is 5.29. The van der Waals surface area contributed by atoms with Gasteiger partial charge in [-0.3, -0.25) is 9.89 Å². The number of aromatic nitrogens is 2. The Morgan fingerprint density at radius 1 is 1.00 bits per heavy atom. The molecular weight excluding hydrogens is 365 g/mol. The third kappa shape index (κ3) is 6.56. The fraction of sp³-hybridized carbons (Fsp3) is 0.333. The maximum absolute atomic E-state index is 13.3. The maximum Gasteiger partial charge on any atom is 0.222 e. The predicted molar refractivity (Wildman–Crippen MR) is 114 cm³/mol. The minimum Gasteiger partial charge on any atom is -0.346 e. The van der Waals surface area contributed by atoms with Crippen molar-refractivity contribution < 1.29 is 9.18 Å². The highest BCUT2D eigenvalue weighted by atomic mass is 19.1. The molecule has 4 nitrogen and oxygen atoms in total. The molecule has 3 aromatic rings. The molecule has 29 heavy (non-hydrogen) atoms. The van der Waals surface area contributed by atoms with Gasteiger partial charge in [0.05, 0.1) is 5.69 Å². The molecule has 1 aromatic heterocycles. The van der Waals surface area contributed by atoms with Crippen LogP contribution < -0.4 is 0 Å².